The lowest BCUT2D eigenvalue weighted by atomic mass is 10.1. The zero-order valence-corrected chi connectivity index (χ0v) is 26.9. The van der Waals surface area contributed by atoms with Crippen LogP contribution in [0.25, 0.3) is 6.08 Å². The Bertz CT molecular complexity index is 1590. The summed E-state index contributed by atoms with van der Waals surface area (Å²) >= 11 is 4.85. The zero-order chi connectivity index (χ0) is 31.3. The summed E-state index contributed by atoms with van der Waals surface area (Å²) in [4.78, 5) is 39.8. The van der Waals surface area contributed by atoms with E-state index in [1.54, 1.807) is 42.5 Å². The number of unbranched alkanes of at least 4 members (excludes halogenated alkanes) is 1. The Morgan fingerprint density at radius 1 is 0.864 bits per heavy atom. The van der Waals surface area contributed by atoms with Gasteiger partial charge in [0.2, 0.25) is 5.91 Å². The topological polar surface area (TPSA) is 96.5 Å². The molecule has 1 unspecified atom stereocenters. The van der Waals surface area contributed by atoms with E-state index in [-0.39, 0.29) is 16.9 Å². The molecule has 3 N–H and O–H groups in total. The smallest absolute Gasteiger partial charge is 0.272 e. The van der Waals surface area contributed by atoms with E-state index in [2.05, 4.69) is 38.8 Å². The molecule has 0 heterocycles. The molecule has 0 aliphatic carbocycles. The van der Waals surface area contributed by atoms with Gasteiger partial charge in [-0.05, 0) is 97.8 Å². The fourth-order valence-corrected chi connectivity index (χ4v) is 5.28. The molecule has 0 spiro atoms. The number of hydrogen-bond acceptors (Lipinski definition) is 5. The Morgan fingerprint density at radius 3 is 2.23 bits per heavy atom. The van der Waals surface area contributed by atoms with Crippen LogP contribution in [0.15, 0.2) is 118 Å². The number of carbonyl (C=O) groups excluding carboxylic acids is 3. The van der Waals surface area contributed by atoms with Gasteiger partial charge in [0.25, 0.3) is 11.8 Å². The molecule has 0 bridgehead atoms. The minimum absolute atomic E-state index is 0.0984. The standard InChI is InChI=1S/C35H34BrN3O4S/c1-3-4-21-43-30-17-13-28(14-18-30)37-33(40)24(2)44-31-19-15-29(16-20-31)38-35(42)32(23-25-9-8-12-27(36)22-25)39-34(41)26-10-6-5-7-11-26/h5-20,22-24H,3-4,21H2,1-2H3,(H,37,40)(H,38,42)(H,39,41)/b32-23-. The number of ether oxygens (including phenoxy) is 1. The minimum Gasteiger partial charge on any atom is -0.494 e. The van der Waals surface area contributed by atoms with Crippen LogP contribution in [0.5, 0.6) is 5.75 Å². The fourth-order valence-electron chi connectivity index (χ4n) is 3.99. The summed E-state index contributed by atoms with van der Waals surface area (Å²) in [6.45, 7) is 4.63. The van der Waals surface area contributed by atoms with Crippen molar-refractivity contribution in [2.75, 3.05) is 17.2 Å². The van der Waals surface area contributed by atoms with Crippen molar-refractivity contribution in [1.29, 1.82) is 0 Å². The van der Waals surface area contributed by atoms with Gasteiger partial charge in [-0.25, -0.2) is 0 Å². The van der Waals surface area contributed by atoms with Crippen molar-refractivity contribution in [3.8, 4) is 5.75 Å². The second-order valence-corrected chi connectivity index (χ2v) is 12.2. The van der Waals surface area contributed by atoms with Crippen LogP contribution in [-0.4, -0.2) is 29.6 Å². The van der Waals surface area contributed by atoms with Gasteiger partial charge in [0, 0.05) is 26.3 Å². The van der Waals surface area contributed by atoms with Crippen molar-refractivity contribution in [1.82, 2.24) is 5.32 Å². The Balaban J connectivity index is 1.36. The average molecular weight is 673 g/mol. The third-order valence-corrected chi connectivity index (χ3v) is 7.98. The molecule has 0 saturated carbocycles. The van der Waals surface area contributed by atoms with Gasteiger partial charge in [0.15, 0.2) is 0 Å². The van der Waals surface area contributed by atoms with Gasteiger partial charge < -0.3 is 20.7 Å². The predicted octanol–water partition coefficient (Wildman–Crippen LogP) is 8.16. The maximum Gasteiger partial charge on any atom is 0.272 e. The number of halogens is 1. The van der Waals surface area contributed by atoms with Crippen LogP contribution in [0, 0.1) is 0 Å². The third kappa shape index (κ3) is 10.1. The number of hydrogen-bond donors (Lipinski definition) is 3. The highest BCUT2D eigenvalue weighted by Gasteiger charge is 2.17. The van der Waals surface area contributed by atoms with Gasteiger partial charge in [-0.3, -0.25) is 14.4 Å². The molecule has 0 fully saturated rings. The van der Waals surface area contributed by atoms with E-state index in [4.69, 9.17) is 4.74 Å². The first-order valence-corrected chi connectivity index (χ1v) is 15.9. The van der Waals surface area contributed by atoms with Gasteiger partial charge >= 0.3 is 0 Å². The Labute approximate surface area is 270 Å². The van der Waals surface area contributed by atoms with Crippen LogP contribution in [0.2, 0.25) is 0 Å². The van der Waals surface area contributed by atoms with Crippen molar-refractivity contribution in [2.24, 2.45) is 0 Å². The van der Waals surface area contributed by atoms with Gasteiger partial charge in [-0.2, -0.15) is 0 Å². The summed E-state index contributed by atoms with van der Waals surface area (Å²) in [5, 5.41) is 8.19. The number of nitrogens with one attached hydrogen (secondary N) is 3. The highest BCUT2D eigenvalue weighted by Crippen LogP contribution is 2.26. The fraction of sp³-hybridized carbons (Fsp3) is 0.171. The van der Waals surface area contributed by atoms with Crippen LogP contribution in [0.3, 0.4) is 0 Å². The SMILES string of the molecule is CCCCOc1ccc(NC(=O)C(C)Sc2ccc(NC(=O)/C(=C/c3cccc(Br)c3)NC(=O)c3ccccc3)cc2)cc1. The molecule has 7 nitrogen and oxygen atoms in total. The molecule has 4 aromatic carbocycles. The predicted molar refractivity (Wildman–Crippen MR) is 182 cm³/mol. The molecule has 1 atom stereocenters. The number of amides is 3. The van der Waals surface area contributed by atoms with E-state index in [0.29, 0.717) is 23.5 Å². The summed E-state index contributed by atoms with van der Waals surface area (Å²) in [6, 6.07) is 30.7. The van der Waals surface area contributed by atoms with E-state index in [0.717, 1.165) is 33.5 Å². The largest absolute Gasteiger partial charge is 0.494 e. The first-order chi connectivity index (χ1) is 21.3. The molecule has 0 radical (unpaired) electrons. The third-order valence-electron chi connectivity index (χ3n) is 6.37. The van der Waals surface area contributed by atoms with Crippen LogP contribution >= 0.6 is 27.7 Å². The van der Waals surface area contributed by atoms with E-state index < -0.39 is 11.8 Å². The molecule has 4 rings (SSSR count). The highest BCUT2D eigenvalue weighted by atomic mass is 79.9. The maximum atomic E-state index is 13.3. The number of benzene rings is 4. The van der Waals surface area contributed by atoms with Crippen molar-refractivity contribution >= 4 is 62.9 Å². The van der Waals surface area contributed by atoms with Gasteiger partial charge in [-0.15, -0.1) is 11.8 Å². The lowest BCUT2D eigenvalue weighted by Crippen LogP contribution is -2.30. The van der Waals surface area contributed by atoms with Crippen molar-refractivity contribution in [2.45, 2.75) is 36.8 Å². The number of rotatable bonds is 13. The Hall–Kier alpha value is -4.34. The molecule has 9 heteroatoms. The lowest BCUT2D eigenvalue weighted by Gasteiger charge is -2.14. The number of carbonyl (C=O) groups is 3. The zero-order valence-electron chi connectivity index (χ0n) is 24.5. The lowest BCUT2D eigenvalue weighted by molar-refractivity contribution is -0.115. The average Bonchev–Trinajstić information content (AvgIpc) is 3.03. The second-order valence-electron chi connectivity index (χ2n) is 9.89. The molecule has 4 aromatic rings. The minimum atomic E-state index is -0.468. The molecule has 0 aliphatic heterocycles. The van der Waals surface area contributed by atoms with E-state index in [1.165, 1.54) is 11.8 Å². The molecule has 44 heavy (non-hydrogen) atoms. The van der Waals surface area contributed by atoms with Crippen LogP contribution in [0.1, 0.15) is 42.6 Å². The monoisotopic (exact) mass is 671 g/mol. The summed E-state index contributed by atoms with van der Waals surface area (Å²) in [5.41, 5.74) is 2.53. The summed E-state index contributed by atoms with van der Waals surface area (Å²) in [6.07, 6.45) is 3.69. The number of anilines is 2. The van der Waals surface area contributed by atoms with Crippen molar-refractivity contribution in [3.05, 3.63) is 124 Å². The summed E-state index contributed by atoms with van der Waals surface area (Å²) in [7, 11) is 0. The molecule has 0 saturated heterocycles. The first kappa shape index (κ1) is 32.6. The Kier molecular flexibility index (Phi) is 12.2. The van der Waals surface area contributed by atoms with Crippen LogP contribution in [-0.2, 0) is 9.59 Å². The number of thioether (sulfide) groups is 1. The summed E-state index contributed by atoms with van der Waals surface area (Å²) < 4.78 is 6.53. The van der Waals surface area contributed by atoms with E-state index >= 15 is 0 Å². The molecule has 3 amide bonds. The van der Waals surface area contributed by atoms with Gasteiger partial charge in [-0.1, -0.05) is 59.6 Å². The van der Waals surface area contributed by atoms with Gasteiger partial charge in [0.1, 0.15) is 11.4 Å². The van der Waals surface area contributed by atoms with Crippen LogP contribution < -0.4 is 20.7 Å². The normalized spacial score (nSPS) is 11.8. The quantitative estimate of drug-likeness (QED) is 0.0757. The van der Waals surface area contributed by atoms with Crippen molar-refractivity contribution in [3.63, 3.8) is 0 Å². The molecule has 0 aliphatic rings. The highest BCUT2D eigenvalue weighted by molar-refractivity contribution is 9.10. The van der Waals surface area contributed by atoms with E-state index in [9.17, 15) is 14.4 Å². The van der Waals surface area contributed by atoms with E-state index in [1.807, 2.05) is 73.7 Å². The van der Waals surface area contributed by atoms with Crippen LogP contribution in [0.4, 0.5) is 11.4 Å². The second kappa shape index (κ2) is 16.5. The Morgan fingerprint density at radius 2 is 1.55 bits per heavy atom. The molecule has 226 valence electrons. The summed E-state index contributed by atoms with van der Waals surface area (Å²) in [5.74, 6) is -0.203. The molecular formula is C35H34BrN3O4S. The molecule has 0 aromatic heterocycles. The first-order valence-electron chi connectivity index (χ1n) is 14.3. The van der Waals surface area contributed by atoms with Crippen molar-refractivity contribution < 1.29 is 19.1 Å². The van der Waals surface area contributed by atoms with Gasteiger partial charge in [0.05, 0.1) is 11.9 Å². The molecular weight excluding hydrogens is 638 g/mol. The maximum absolute atomic E-state index is 13.3.